The maximum atomic E-state index is 11.2. The fourth-order valence-electron chi connectivity index (χ4n) is 1.83. The van der Waals surface area contributed by atoms with E-state index >= 15 is 0 Å². The molecule has 5 nitrogen and oxygen atoms in total. The van der Waals surface area contributed by atoms with Gasteiger partial charge < -0.3 is 0 Å². The van der Waals surface area contributed by atoms with Gasteiger partial charge in [-0.15, -0.1) is 10.2 Å². The summed E-state index contributed by atoms with van der Waals surface area (Å²) in [5.41, 5.74) is 0.970. The Morgan fingerprint density at radius 1 is 0.864 bits per heavy atom. The van der Waals surface area contributed by atoms with Crippen molar-refractivity contribution in [2.75, 3.05) is 0 Å². The highest BCUT2D eigenvalue weighted by Gasteiger charge is 2.09. The van der Waals surface area contributed by atoms with Crippen molar-refractivity contribution in [1.82, 2.24) is 14.8 Å². The summed E-state index contributed by atoms with van der Waals surface area (Å²) in [6.45, 7) is 0. The van der Waals surface area contributed by atoms with Crippen LogP contribution in [0.3, 0.4) is 0 Å². The van der Waals surface area contributed by atoms with Crippen LogP contribution in [0.15, 0.2) is 75.9 Å². The van der Waals surface area contributed by atoms with Gasteiger partial charge in [-0.05, 0) is 48.5 Å². The molecule has 0 saturated heterocycles. The Hall–Kier alpha value is -1.83. The smallest absolute Gasteiger partial charge is 0.261 e. The number of hydrogen-bond acceptors (Lipinski definition) is 5. The number of hydrogen-bond donors (Lipinski definition) is 0. The molecule has 0 bridgehead atoms. The molecule has 0 spiro atoms. The van der Waals surface area contributed by atoms with Crippen LogP contribution in [0.25, 0.3) is 5.69 Å². The maximum absolute atomic E-state index is 11.2. The second-order valence-electron chi connectivity index (χ2n) is 4.37. The SMILES string of the molecule is O=S(=O)(Cl)c1ccc(Sc2ccc(-n3cnnc3)cc2)cc1. The first kappa shape index (κ1) is 15.1. The van der Waals surface area contributed by atoms with Crippen molar-refractivity contribution in [3.8, 4) is 5.69 Å². The summed E-state index contributed by atoms with van der Waals surface area (Å²) in [7, 11) is 1.62. The van der Waals surface area contributed by atoms with Gasteiger partial charge in [0.15, 0.2) is 0 Å². The zero-order valence-corrected chi connectivity index (χ0v) is 13.5. The zero-order chi connectivity index (χ0) is 15.6. The average Bonchev–Trinajstić information content (AvgIpc) is 3.02. The molecule has 8 heteroatoms. The van der Waals surface area contributed by atoms with Gasteiger partial charge in [0.05, 0.1) is 4.90 Å². The predicted molar refractivity (Wildman–Crippen MR) is 85.0 cm³/mol. The molecular formula is C14H10ClN3O2S2. The lowest BCUT2D eigenvalue weighted by atomic mass is 10.3. The van der Waals surface area contributed by atoms with E-state index in [0.29, 0.717) is 0 Å². The summed E-state index contributed by atoms with van der Waals surface area (Å²) in [5, 5.41) is 7.53. The van der Waals surface area contributed by atoms with Crippen LogP contribution in [0.4, 0.5) is 0 Å². The Bertz CT molecular complexity index is 861. The van der Waals surface area contributed by atoms with E-state index in [-0.39, 0.29) is 4.90 Å². The third kappa shape index (κ3) is 3.49. The summed E-state index contributed by atoms with van der Waals surface area (Å²) in [4.78, 5) is 2.07. The fourth-order valence-corrected chi connectivity index (χ4v) is 3.41. The molecule has 0 unspecified atom stereocenters. The minimum Gasteiger partial charge on any atom is -0.288 e. The van der Waals surface area contributed by atoms with Crippen molar-refractivity contribution in [3.05, 3.63) is 61.2 Å². The van der Waals surface area contributed by atoms with E-state index in [9.17, 15) is 8.42 Å². The van der Waals surface area contributed by atoms with Crippen molar-refractivity contribution in [2.24, 2.45) is 0 Å². The van der Waals surface area contributed by atoms with E-state index in [1.807, 2.05) is 28.8 Å². The third-order valence-electron chi connectivity index (χ3n) is 2.89. The van der Waals surface area contributed by atoms with E-state index in [2.05, 4.69) is 10.2 Å². The second kappa shape index (κ2) is 6.12. The Labute approximate surface area is 136 Å². The van der Waals surface area contributed by atoms with Gasteiger partial charge in [0.1, 0.15) is 12.7 Å². The standard InChI is InChI=1S/C14H10ClN3O2S2/c15-22(19,20)14-7-5-13(6-8-14)21-12-3-1-11(2-4-12)18-9-16-17-10-18/h1-10H. The summed E-state index contributed by atoms with van der Waals surface area (Å²) in [6, 6.07) is 14.3. The van der Waals surface area contributed by atoms with E-state index in [1.54, 1.807) is 24.8 Å². The number of aromatic nitrogens is 3. The molecule has 3 aromatic rings. The van der Waals surface area contributed by atoms with Crippen LogP contribution in [0.2, 0.25) is 0 Å². The van der Waals surface area contributed by atoms with Crippen molar-refractivity contribution in [2.45, 2.75) is 14.7 Å². The maximum Gasteiger partial charge on any atom is 0.261 e. The average molecular weight is 352 g/mol. The quantitative estimate of drug-likeness (QED) is 0.674. The first-order valence-electron chi connectivity index (χ1n) is 6.20. The molecule has 112 valence electrons. The predicted octanol–water partition coefficient (Wildman–Crippen LogP) is 3.35. The van der Waals surface area contributed by atoms with Crippen molar-refractivity contribution < 1.29 is 8.42 Å². The molecule has 0 radical (unpaired) electrons. The Morgan fingerprint density at radius 2 is 1.36 bits per heavy atom. The van der Waals surface area contributed by atoms with Crippen LogP contribution in [0, 0.1) is 0 Å². The molecular weight excluding hydrogens is 342 g/mol. The van der Waals surface area contributed by atoms with Crippen molar-refractivity contribution in [1.29, 1.82) is 0 Å². The Balaban J connectivity index is 1.76. The fraction of sp³-hybridized carbons (Fsp3) is 0. The summed E-state index contributed by atoms with van der Waals surface area (Å²) >= 11 is 1.53. The van der Waals surface area contributed by atoms with Crippen LogP contribution in [0.5, 0.6) is 0 Å². The van der Waals surface area contributed by atoms with Crippen LogP contribution in [-0.4, -0.2) is 23.2 Å². The molecule has 0 amide bonds. The molecule has 0 aliphatic rings. The second-order valence-corrected chi connectivity index (χ2v) is 8.09. The Kier molecular flexibility index (Phi) is 4.19. The first-order chi connectivity index (χ1) is 10.5. The topological polar surface area (TPSA) is 64.8 Å². The van der Waals surface area contributed by atoms with Gasteiger partial charge in [0.25, 0.3) is 9.05 Å². The summed E-state index contributed by atoms with van der Waals surface area (Å²) in [5.74, 6) is 0. The zero-order valence-electron chi connectivity index (χ0n) is 11.1. The Morgan fingerprint density at radius 3 is 1.86 bits per heavy atom. The van der Waals surface area contributed by atoms with Gasteiger partial charge in [-0.1, -0.05) is 11.8 Å². The minimum absolute atomic E-state index is 0.0986. The summed E-state index contributed by atoms with van der Waals surface area (Å²) < 4.78 is 24.2. The van der Waals surface area contributed by atoms with Crippen molar-refractivity contribution in [3.63, 3.8) is 0 Å². The highest BCUT2D eigenvalue weighted by Crippen LogP contribution is 2.29. The lowest BCUT2D eigenvalue weighted by Crippen LogP contribution is -1.90. The molecule has 1 heterocycles. The van der Waals surface area contributed by atoms with Crippen LogP contribution in [0.1, 0.15) is 0 Å². The highest BCUT2D eigenvalue weighted by molar-refractivity contribution is 8.13. The molecule has 22 heavy (non-hydrogen) atoms. The first-order valence-corrected chi connectivity index (χ1v) is 9.32. The molecule has 2 aromatic carbocycles. The van der Waals surface area contributed by atoms with Crippen molar-refractivity contribution >= 4 is 31.5 Å². The third-order valence-corrected chi connectivity index (χ3v) is 5.28. The van der Waals surface area contributed by atoms with E-state index in [0.717, 1.165) is 15.5 Å². The van der Waals surface area contributed by atoms with E-state index in [1.165, 1.54) is 23.9 Å². The van der Waals surface area contributed by atoms with Gasteiger partial charge in [0.2, 0.25) is 0 Å². The van der Waals surface area contributed by atoms with Crippen LogP contribution >= 0.6 is 22.4 Å². The normalized spacial score (nSPS) is 11.5. The van der Waals surface area contributed by atoms with Gasteiger partial charge in [-0.2, -0.15) is 0 Å². The highest BCUT2D eigenvalue weighted by atomic mass is 35.7. The van der Waals surface area contributed by atoms with Crippen LogP contribution in [-0.2, 0) is 9.05 Å². The lowest BCUT2D eigenvalue weighted by molar-refractivity contribution is 0.609. The molecule has 0 saturated carbocycles. The number of nitrogens with zero attached hydrogens (tertiary/aromatic N) is 3. The van der Waals surface area contributed by atoms with E-state index in [4.69, 9.17) is 10.7 Å². The van der Waals surface area contributed by atoms with Crippen LogP contribution < -0.4 is 0 Å². The summed E-state index contributed by atoms with van der Waals surface area (Å²) in [6.07, 6.45) is 3.26. The monoisotopic (exact) mass is 351 g/mol. The van der Waals surface area contributed by atoms with Gasteiger partial charge in [-0.25, -0.2) is 8.42 Å². The molecule has 0 N–H and O–H groups in total. The van der Waals surface area contributed by atoms with E-state index < -0.39 is 9.05 Å². The minimum atomic E-state index is -3.67. The number of rotatable bonds is 4. The molecule has 1 aromatic heterocycles. The molecule has 3 rings (SSSR count). The molecule has 0 fully saturated rings. The van der Waals surface area contributed by atoms with Gasteiger partial charge in [0, 0.05) is 26.2 Å². The number of benzene rings is 2. The molecule has 0 atom stereocenters. The lowest BCUT2D eigenvalue weighted by Gasteiger charge is -2.05. The van der Waals surface area contributed by atoms with Gasteiger partial charge in [-0.3, -0.25) is 4.57 Å². The molecule has 0 aliphatic carbocycles. The molecule has 0 aliphatic heterocycles. The largest absolute Gasteiger partial charge is 0.288 e. The number of halogens is 1. The van der Waals surface area contributed by atoms with Gasteiger partial charge >= 0.3 is 0 Å².